The molecule has 3 aromatic carbocycles. The summed E-state index contributed by atoms with van der Waals surface area (Å²) >= 11 is 0. The van der Waals surface area contributed by atoms with Gasteiger partial charge in [-0.05, 0) is 87.7 Å². The number of fused-ring (bicyclic) bond motifs is 3. The summed E-state index contributed by atoms with van der Waals surface area (Å²) in [4.78, 5) is 5.22. The monoisotopic (exact) mass is 485 g/mol. The van der Waals surface area contributed by atoms with E-state index in [1.807, 2.05) is 24.3 Å². The first-order valence-electron chi connectivity index (χ1n) is 12.6. The summed E-state index contributed by atoms with van der Waals surface area (Å²) in [6.07, 6.45) is 2.53. The number of hydrogen-bond donors (Lipinski definition) is 0. The number of ether oxygens (including phenoxy) is 4. The molecule has 0 bridgehead atoms. The highest BCUT2D eigenvalue weighted by atomic mass is 16.5. The maximum absolute atomic E-state index is 6.32. The van der Waals surface area contributed by atoms with Crippen LogP contribution in [0.5, 0.6) is 23.0 Å². The summed E-state index contributed by atoms with van der Waals surface area (Å²) < 4.78 is 23.3. The highest BCUT2D eigenvalue weighted by Gasteiger charge is 2.39. The van der Waals surface area contributed by atoms with Gasteiger partial charge in [0.05, 0.1) is 32.1 Å². The third-order valence-electron chi connectivity index (χ3n) is 6.85. The molecule has 0 fully saturated rings. The van der Waals surface area contributed by atoms with Crippen LogP contribution in [-0.2, 0) is 19.3 Å². The Kier molecular flexibility index (Phi) is 6.19. The molecule has 0 saturated heterocycles. The van der Waals surface area contributed by atoms with Gasteiger partial charge in [-0.25, -0.2) is 0 Å². The molecule has 0 unspecified atom stereocenters. The molecule has 5 rings (SSSR count). The molecule has 0 aromatic heterocycles. The van der Waals surface area contributed by atoms with Crippen molar-refractivity contribution in [2.24, 2.45) is 4.99 Å². The minimum atomic E-state index is -0.273. The molecule has 0 N–H and O–H groups in total. The number of hydrogen-bond acceptors (Lipinski definition) is 5. The molecule has 0 aliphatic carbocycles. The van der Waals surface area contributed by atoms with Gasteiger partial charge in [0.15, 0.2) is 11.5 Å². The molecule has 2 aliphatic heterocycles. The van der Waals surface area contributed by atoms with E-state index >= 15 is 0 Å². The van der Waals surface area contributed by atoms with Crippen LogP contribution < -0.4 is 18.9 Å². The van der Waals surface area contributed by atoms with Crippen molar-refractivity contribution in [1.82, 2.24) is 0 Å². The number of rotatable bonds is 7. The van der Waals surface area contributed by atoms with E-state index in [0.29, 0.717) is 6.61 Å². The van der Waals surface area contributed by atoms with Gasteiger partial charge in [-0.3, -0.25) is 4.99 Å². The summed E-state index contributed by atoms with van der Waals surface area (Å²) in [7, 11) is 3.39. The summed E-state index contributed by atoms with van der Waals surface area (Å²) in [5.41, 5.74) is 6.51. The first-order chi connectivity index (χ1) is 17.2. The van der Waals surface area contributed by atoms with Gasteiger partial charge in [0.2, 0.25) is 0 Å². The Labute approximate surface area is 214 Å². The van der Waals surface area contributed by atoms with E-state index in [9.17, 15) is 0 Å². The molecule has 0 saturated carbocycles. The quantitative estimate of drug-likeness (QED) is 0.399. The van der Waals surface area contributed by atoms with Crippen LogP contribution in [0.3, 0.4) is 0 Å². The fourth-order valence-electron chi connectivity index (χ4n) is 5.22. The molecule has 5 heteroatoms. The maximum Gasteiger partial charge on any atom is 0.166 e. The second-order valence-electron chi connectivity index (χ2n) is 10.9. The van der Waals surface area contributed by atoms with Gasteiger partial charge >= 0.3 is 0 Å². The van der Waals surface area contributed by atoms with E-state index in [4.69, 9.17) is 23.9 Å². The Bertz CT molecular complexity index is 1290. The fraction of sp³-hybridized carbons (Fsp3) is 0.387. The van der Waals surface area contributed by atoms with Crippen molar-refractivity contribution in [3.05, 3.63) is 82.4 Å². The van der Waals surface area contributed by atoms with E-state index < -0.39 is 0 Å². The Morgan fingerprint density at radius 1 is 0.861 bits per heavy atom. The molecule has 0 amide bonds. The molecule has 2 heterocycles. The van der Waals surface area contributed by atoms with Crippen LogP contribution in [0.2, 0.25) is 0 Å². The van der Waals surface area contributed by atoms with Crippen molar-refractivity contribution in [2.45, 2.75) is 58.1 Å². The smallest absolute Gasteiger partial charge is 0.166 e. The van der Waals surface area contributed by atoms with E-state index in [-0.39, 0.29) is 11.1 Å². The highest BCUT2D eigenvalue weighted by molar-refractivity contribution is 6.16. The average Bonchev–Trinajstić information content (AvgIpc) is 3.18. The van der Waals surface area contributed by atoms with Gasteiger partial charge < -0.3 is 18.9 Å². The third kappa shape index (κ3) is 4.79. The lowest BCUT2D eigenvalue weighted by Gasteiger charge is -2.31. The molecule has 0 radical (unpaired) electrons. The number of nitrogens with zero attached hydrogens (tertiary/aromatic N) is 1. The average molecular weight is 486 g/mol. The summed E-state index contributed by atoms with van der Waals surface area (Å²) in [6.45, 7) is 9.24. The molecule has 2 aliphatic rings. The second kappa shape index (κ2) is 9.20. The SMILES string of the molecule is COc1ccc(CCOc2ccc(C3=NC(C)(C)Cc4cc(OC)c5c(c43)CC(C)(C)O5)cc2)cc1. The molecule has 0 spiro atoms. The van der Waals surface area contributed by atoms with Crippen molar-refractivity contribution in [3.63, 3.8) is 0 Å². The Morgan fingerprint density at radius 3 is 2.22 bits per heavy atom. The highest BCUT2D eigenvalue weighted by Crippen LogP contribution is 2.47. The lowest BCUT2D eigenvalue weighted by atomic mass is 9.81. The minimum absolute atomic E-state index is 0.204. The van der Waals surface area contributed by atoms with E-state index in [1.165, 1.54) is 22.3 Å². The van der Waals surface area contributed by atoms with Gasteiger partial charge in [-0.1, -0.05) is 12.1 Å². The third-order valence-corrected chi connectivity index (χ3v) is 6.85. The molecule has 3 aromatic rings. The molecular weight excluding hydrogens is 450 g/mol. The van der Waals surface area contributed by atoms with Crippen LogP contribution in [0.4, 0.5) is 0 Å². The zero-order valence-electron chi connectivity index (χ0n) is 22.1. The number of methoxy groups -OCH3 is 2. The van der Waals surface area contributed by atoms with Crippen LogP contribution in [0.15, 0.2) is 59.6 Å². The zero-order valence-corrected chi connectivity index (χ0v) is 22.1. The predicted octanol–water partition coefficient (Wildman–Crippen LogP) is 6.21. The number of aliphatic imine (C=N–C) groups is 1. The summed E-state index contributed by atoms with van der Waals surface area (Å²) in [6, 6.07) is 18.6. The van der Waals surface area contributed by atoms with Crippen molar-refractivity contribution in [2.75, 3.05) is 20.8 Å². The Morgan fingerprint density at radius 2 is 1.56 bits per heavy atom. The van der Waals surface area contributed by atoms with Gasteiger partial charge in [0.1, 0.15) is 17.1 Å². The van der Waals surface area contributed by atoms with Crippen molar-refractivity contribution >= 4 is 5.71 Å². The van der Waals surface area contributed by atoms with E-state index in [2.05, 4.69) is 58.0 Å². The van der Waals surface area contributed by atoms with Gasteiger partial charge in [0.25, 0.3) is 0 Å². The molecule has 0 atom stereocenters. The van der Waals surface area contributed by atoms with Crippen LogP contribution in [0, 0.1) is 0 Å². The summed E-state index contributed by atoms with van der Waals surface area (Å²) in [5.74, 6) is 3.39. The van der Waals surface area contributed by atoms with E-state index in [0.717, 1.165) is 53.5 Å². The van der Waals surface area contributed by atoms with Crippen molar-refractivity contribution < 1.29 is 18.9 Å². The first kappa shape index (κ1) is 24.2. The topological polar surface area (TPSA) is 49.3 Å². The van der Waals surface area contributed by atoms with Crippen LogP contribution in [0.25, 0.3) is 0 Å². The lowest BCUT2D eigenvalue weighted by molar-refractivity contribution is 0.134. The lowest BCUT2D eigenvalue weighted by Crippen LogP contribution is -2.30. The van der Waals surface area contributed by atoms with Crippen LogP contribution in [0.1, 0.15) is 55.5 Å². The molecule has 188 valence electrons. The van der Waals surface area contributed by atoms with E-state index in [1.54, 1.807) is 14.2 Å². The van der Waals surface area contributed by atoms with Gasteiger partial charge in [-0.15, -0.1) is 0 Å². The van der Waals surface area contributed by atoms with Gasteiger partial charge in [-0.2, -0.15) is 0 Å². The molecule has 5 nitrogen and oxygen atoms in total. The van der Waals surface area contributed by atoms with Crippen molar-refractivity contribution in [1.29, 1.82) is 0 Å². The zero-order chi connectivity index (χ0) is 25.5. The first-order valence-corrected chi connectivity index (χ1v) is 12.6. The fourth-order valence-corrected chi connectivity index (χ4v) is 5.22. The molecular formula is C31H35NO4. The Balaban J connectivity index is 1.40. The minimum Gasteiger partial charge on any atom is -0.497 e. The number of benzene rings is 3. The van der Waals surface area contributed by atoms with Crippen LogP contribution in [-0.4, -0.2) is 37.7 Å². The molecule has 36 heavy (non-hydrogen) atoms. The summed E-state index contributed by atoms with van der Waals surface area (Å²) in [5, 5.41) is 0. The van der Waals surface area contributed by atoms with Crippen molar-refractivity contribution in [3.8, 4) is 23.0 Å². The second-order valence-corrected chi connectivity index (χ2v) is 10.9. The largest absolute Gasteiger partial charge is 0.497 e. The maximum atomic E-state index is 6.32. The Hall–Kier alpha value is -3.47. The van der Waals surface area contributed by atoms with Gasteiger partial charge in [0, 0.05) is 29.5 Å². The normalized spacial score (nSPS) is 16.9. The predicted molar refractivity (Wildman–Crippen MR) is 143 cm³/mol. The standard InChI is InChI=1S/C31H35NO4/c1-30(2)18-22-17-26(34-6)29-25(19-31(3,4)36-29)27(22)28(32-30)21-9-13-24(14-10-21)35-16-15-20-7-11-23(33-5)12-8-20/h7-14,17H,15-16,18-19H2,1-6H3. The van der Waals surface area contributed by atoms with Crippen LogP contribution >= 0.6 is 0 Å².